The Morgan fingerprint density at radius 1 is 1.50 bits per heavy atom. The summed E-state index contributed by atoms with van der Waals surface area (Å²) in [7, 11) is 1.40. The van der Waals surface area contributed by atoms with E-state index >= 15 is 0 Å². The van der Waals surface area contributed by atoms with Crippen molar-refractivity contribution >= 4 is 16.9 Å². The molecular weight excluding hydrogens is 206 g/mol. The highest BCUT2D eigenvalue weighted by molar-refractivity contribution is 5.80. The van der Waals surface area contributed by atoms with Crippen LogP contribution >= 0.6 is 0 Å². The first-order valence-corrected chi connectivity index (χ1v) is 5.03. The molecule has 2 rings (SSSR count). The number of carbonyl (C=O) groups is 1. The van der Waals surface area contributed by atoms with Crippen molar-refractivity contribution in [3.63, 3.8) is 0 Å². The molecule has 1 atom stereocenters. The molecule has 84 valence electrons. The predicted octanol–water partition coefficient (Wildman–Crippen LogP) is 1.81. The lowest BCUT2D eigenvalue weighted by Gasteiger charge is -2.08. The minimum atomic E-state index is -0.943. The van der Waals surface area contributed by atoms with E-state index in [0.29, 0.717) is 6.42 Å². The second-order valence-electron chi connectivity index (χ2n) is 3.65. The quantitative estimate of drug-likeness (QED) is 0.824. The number of nitrogens with one attached hydrogen (secondary N) is 1. The summed E-state index contributed by atoms with van der Waals surface area (Å²) in [5.74, 6) is -0.943. The van der Waals surface area contributed by atoms with Crippen LogP contribution in [0, 0.1) is 0 Å². The molecule has 16 heavy (non-hydrogen) atoms. The van der Waals surface area contributed by atoms with Crippen molar-refractivity contribution in [1.82, 2.24) is 4.98 Å². The molecule has 2 N–H and O–H groups in total. The topological polar surface area (TPSA) is 62.3 Å². The number of rotatable bonds is 4. The molecule has 2 aromatic rings. The Labute approximate surface area is 92.9 Å². The Bertz CT molecular complexity index is 471. The van der Waals surface area contributed by atoms with Crippen LogP contribution in [-0.4, -0.2) is 29.3 Å². The molecule has 4 heteroatoms. The third-order valence-corrected chi connectivity index (χ3v) is 2.55. The molecule has 0 aliphatic carbocycles. The molecule has 0 saturated heterocycles. The van der Waals surface area contributed by atoms with Gasteiger partial charge in [-0.3, -0.25) is 0 Å². The van der Waals surface area contributed by atoms with Gasteiger partial charge in [0.2, 0.25) is 0 Å². The molecule has 1 unspecified atom stereocenters. The zero-order chi connectivity index (χ0) is 11.5. The lowest BCUT2D eigenvalue weighted by molar-refractivity contribution is -0.148. The number of hydrogen-bond donors (Lipinski definition) is 2. The highest BCUT2D eigenvalue weighted by Gasteiger charge is 2.17. The van der Waals surface area contributed by atoms with Crippen molar-refractivity contribution < 1.29 is 14.6 Å². The van der Waals surface area contributed by atoms with Crippen molar-refractivity contribution in [2.75, 3.05) is 7.11 Å². The zero-order valence-corrected chi connectivity index (χ0v) is 8.93. The van der Waals surface area contributed by atoms with E-state index < -0.39 is 12.1 Å². The number of carboxylic acids is 1. The number of fused-ring (bicyclic) bond motifs is 1. The van der Waals surface area contributed by atoms with E-state index in [1.165, 1.54) is 7.11 Å². The Balaban J connectivity index is 2.24. The van der Waals surface area contributed by atoms with E-state index in [1.807, 2.05) is 30.3 Å². The fraction of sp³-hybridized carbons (Fsp3) is 0.250. The molecule has 0 amide bonds. The minimum Gasteiger partial charge on any atom is -0.479 e. The van der Waals surface area contributed by atoms with Crippen LogP contribution < -0.4 is 0 Å². The van der Waals surface area contributed by atoms with Crippen LogP contribution in [0.25, 0.3) is 10.9 Å². The van der Waals surface area contributed by atoms with Crippen LogP contribution in [0.1, 0.15) is 5.69 Å². The number of carboxylic acid groups (broad SMARTS) is 1. The van der Waals surface area contributed by atoms with Crippen LogP contribution in [0.15, 0.2) is 30.3 Å². The van der Waals surface area contributed by atoms with Gasteiger partial charge in [0.25, 0.3) is 0 Å². The maximum Gasteiger partial charge on any atom is 0.333 e. The van der Waals surface area contributed by atoms with Gasteiger partial charge in [0.05, 0.1) is 0 Å². The zero-order valence-electron chi connectivity index (χ0n) is 8.93. The molecule has 0 radical (unpaired) electrons. The summed E-state index contributed by atoms with van der Waals surface area (Å²) in [6.45, 7) is 0. The highest BCUT2D eigenvalue weighted by atomic mass is 16.5. The first-order valence-electron chi connectivity index (χ1n) is 5.03. The number of methoxy groups -OCH3 is 1. The van der Waals surface area contributed by atoms with Crippen molar-refractivity contribution in [1.29, 1.82) is 0 Å². The number of hydrogen-bond acceptors (Lipinski definition) is 2. The molecule has 1 aromatic heterocycles. The maximum atomic E-state index is 10.8. The minimum absolute atomic E-state index is 0.348. The van der Waals surface area contributed by atoms with E-state index in [0.717, 1.165) is 16.6 Å². The first kappa shape index (κ1) is 10.7. The monoisotopic (exact) mass is 219 g/mol. The molecule has 0 aliphatic rings. The van der Waals surface area contributed by atoms with Gasteiger partial charge in [-0.05, 0) is 17.5 Å². The number of H-pyrrole nitrogens is 1. The number of aliphatic carboxylic acids is 1. The van der Waals surface area contributed by atoms with E-state index in [9.17, 15) is 4.79 Å². The van der Waals surface area contributed by atoms with Gasteiger partial charge < -0.3 is 14.8 Å². The summed E-state index contributed by atoms with van der Waals surface area (Å²) < 4.78 is 4.89. The number of ether oxygens (including phenoxy) is 1. The largest absolute Gasteiger partial charge is 0.479 e. The lowest BCUT2D eigenvalue weighted by atomic mass is 10.2. The molecule has 0 spiro atoms. The van der Waals surface area contributed by atoms with E-state index in [4.69, 9.17) is 9.84 Å². The standard InChI is InChI=1S/C12H13NO3/c1-16-11(12(14)15)7-9-6-8-4-2-3-5-10(8)13-9/h2-6,11,13H,7H2,1H3,(H,14,15). The van der Waals surface area contributed by atoms with Gasteiger partial charge in [-0.15, -0.1) is 0 Å². The van der Waals surface area contributed by atoms with Crippen LogP contribution in [0.2, 0.25) is 0 Å². The molecule has 0 bridgehead atoms. The smallest absolute Gasteiger partial charge is 0.333 e. The van der Waals surface area contributed by atoms with E-state index in [2.05, 4.69) is 4.98 Å². The molecule has 0 fully saturated rings. The fourth-order valence-corrected chi connectivity index (χ4v) is 1.71. The van der Waals surface area contributed by atoms with Gasteiger partial charge in [0.1, 0.15) is 0 Å². The Morgan fingerprint density at radius 2 is 2.25 bits per heavy atom. The number of benzene rings is 1. The molecule has 1 heterocycles. The van der Waals surface area contributed by atoms with Gasteiger partial charge in [-0.25, -0.2) is 4.79 Å². The van der Waals surface area contributed by atoms with Gasteiger partial charge in [-0.1, -0.05) is 18.2 Å². The Hall–Kier alpha value is -1.81. The third kappa shape index (κ3) is 2.06. The van der Waals surface area contributed by atoms with Crippen molar-refractivity contribution in [2.45, 2.75) is 12.5 Å². The predicted molar refractivity (Wildman–Crippen MR) is 60.4 cm³/mol. The van der Waals surface area contributed by atoms with E-state index in [1.54, 1.807) is 0 Å². The maximum absolute atomic E-state index is 10.8. The average Bonchev–Trinajstić information content (AvgIpc) is 2.67. The molecule has 1 aromatic carbocycles. The highest BCUT2D eigenvalue weighted by Crippen LogP contribution is 2.16. The number of aromatic amines is 1. The van der Waals surface area contributed by atoms with Crippen LogP contribution in [0.5, 0.6) is 0 Å². The Morgan fingerprint density at radius 3 is 2.88 bits per heavy atom. The average molecular weight is 219 g/mol. The number of aromatic nitrogens is 1. The van der Waals surface area contributed by atoms with Crippen LogP contribution in [0.4, 0.5) is 0 Å². The SMILES string of the molecule is COC(Cc1cc2ccccc2[nH]1)C(=O)O. The molecule has 0 saturated carbocycles. The lowest BCUT2D eigenvalue weighted by Crippen LogP contribution is -2.24. The Kier molecular flexibility index (Phi) is 2.92. The summed E-state index contributed by atoms with van der Waals surface area (Å²) in [4.78, 5) is 14.0. The third-order valence-electron chi connectivity index (χ3n) is 2.55. The summed E-state index contributed by atoms with van der Waals surface area (Å²) >= 11 is 0. The normalized spacial score (nSPS) is 12.8. The van der Waals surface area contributed by atoms with Crippen LogP contribution in [0.3, 0.4) is 0 Å². The number of para-hydroxylation sites is 1. The second kappa shape index (κ2) is 4.37. The second-order valence-corrected chi connectivity index (χ2v) is 3.65. The summed E-state index contributed by atoms with van der Waals surface area (Å²) in [6, 6.07) is 9.78. The van der Waals surface area contributed by atoms with Gasteiger partial charge >= 0.3 is 5.97 Å². The van der Waals surface area contributed by atoms with Gasteiger partial charge in [-0.2, -0.15) is 0 Å². The van der Waals surface area contributed by atoms with Crippen molar-refractivity contribution in [3.05, 3.63) is 36.0 Å². The van der Waals surface area contributed by atoms with Gasteiger partial charge in [0.15, 0.2) is 6.10 Å². The van der Waals surface area contributed by atoms with E-state index in [-0.39, 0.29) is 0 Å². The van der Waals surface area contributed by atoms with Gasteiger partial charge in [0, 0.05) is 24.7 Å². The fourth-order valence-electron chi connectivity index (χ4n) is 1.71. The summed E-state index contributed by atoms with van der Waals surface area (Å²) in [5, 5.41) is 9.95. The molecular formula is C12H13NO3. The van der Waals surface area contributed by atoms with Crippen molar-refractivity contribution in [2.24, 2.45) is 0 Å². The molecule has 4 nitrogen and oxygen atoms in total. The first-order chi connectivity index (χ1) is 7.70. The summed E-state index contributed by atoms with van der Waals surface area (Å²) in [5.41, 5.74) is 1.88. The van der Waals surface area contributed by atoms with Crippen LogP contribution in [-0.2, 0) is 16.0 Å². The summed E-state index contributed by atoms with van der Waals surface area (Å²) in [6.07, 6.45) is -0.450. The van der Waals surface area contributed by atoms with Crippen molar-refractivity contribution in [3.8, 4) is 0 Å². The molecule has 0 aliphatic heterocycles.